The minimum atomic E-state index is -3.71. The predicted molar refractivity (Wildman–Crippen MR) is 94.8 cm³/mol. The number of hydrogen-bond acceptors (Lipinski definition) is 3. The van der Waals surface area contributed by atoms with Gasteiger partial charge in [-0.3, -0.25) is 0 Å². The van der Waals surface area contributed by atoms with E-state index in [0.717, 1.165) is 5.56 Å². The van der Waals surface area contributed by atoms with Crippen LogP contribution in [-0.2, 0) is 9.84 Å². The SMILES string of the molecule is Cc1ccc(S(=O)(=O)[C@H](c2ccccc2)c2ccccc2O)cc1. The molecule has 24 heavy (non-hydrogen) atoms. The number of phenolic OH excluding ortho intramolecular Hbond substituents is 1. The molecule has 3 nitrogen and oxygen atoms in total. The first-order chi connectivity index (χ1) is 11.5. The maximum atomic E-state index is 13.3. The predicted octanol–water partition coefficient (Wildman–Crippen LogP) is 4.26. The Bertz CT molecular complexity index is 930. The van der Waals surface area contributed by atoms with Gasteiger partial charge < -0.3 is 5.11 Å². The summed E-state index contributed by atoms with van der Waals surface area (Å²) in [6, 6.07) is 22.3. The normalized spacial score (nSPS) is 12.7. The molecule has 0 amide bonds. The molecule has 0 bridgehead atoms. The molecule has 1 N–H and O–H groups in total. The number of para-hydroxylation sites is 1. The van der Waals surface area contributed by atoms with Crippen molar-refractivity contribution in [3.63, 3.8) is 0 Å². The van der Waals surface area contributed by atoms with Gasteiger partial charge in [-0.15, -0.1) is 0 Å². The molecular formula is C20H18O3S. The van der Waals surface area contributed by atoms with Crippen LogP contribution in [0.4, 0.5) is 0 Å². The van der Waals surface area contributed by atoms with E-state index >= 15 is 0 Å². The quantitative estimate of drug-likeness (QED) is 0.773. The monoisotopic (exact) mass is 338 g/mol. The molecule has 0 saturated carbocycles. The van der Waals surface area contributed by atoms with Crippen LogP contribution in [-0.4, -0.2) is 13.5 Å². The van der Waals surface area contributed by atoms with Crippen LogP contribution in [0.1, 0.15) is 21.9 Å². The number of hydrogen-bond donors (Lipinski definition) is 1. The van der Waals surface area contributed by atoms with Crippen LogP contribution < -0.4 is 0 Å². The summed E-state index contributed by atoms with van der Waals surface area (Å²) >= 11 is 0. The van der Waals surface area contributed by atoms with E-state index in [0.29, 0.717) is 11.1 Å². The van der Waals surface area contributed by atoms with E-state index in [2.05, 4.69) is 0 Å². The Labute approximate surface area is 142 Å². The van der Waals surface area contributed by atoms with Crippen LogP contribution in [0.5, 0.6) is 5.75 Å². The second-order valence-corrected chi connectivity index (χ2v) is 7.74. The molecule has 0 spiro atoms. The van der Waals surface area contributed by atoms with Gasteiger partial charge in [-0.2, -0.15) is 0 Å². The number of aromatic hydroxyl groups is 1. The molecule has 0 radical (unpaired) electrons. The second-order valence-electron chi connectivity index (χ2n) is 5.71. The summed E-state index contributed by atoms with van der Waals surface area (Å²) in [6.45, 7) is 1.91. The molecule has 0 saturated heterocycles. The van der Waals surface area contributed by atoms with Gasteiger partial charge in [-0.1, -0.05) is 66.2 Å². The summed E-state index contributed by atoms with van der Waals surface area (Å²) < 4.78 is 26.6. The molecule has 0 aliphatic heterocycles. The molecule has 0 fully saturated rings. The van der Waals surface area contributed by atoms with E-state index < -0.39 is 15.1 Å². The Balaban J connectivity index is 2.22. The van der Waals surface area contributed by atoms with Crippen molar-refractivity contribution < 1.29 is 13.5 Å². The van der Waals surface area contributed by atoms with Crippen molar-refractivity contribution in [3.05, 3.63) is 95.6 Å². The van der Waals surface area contributed by atoms with Crippen LogP contribution in [0.2, 0.25) is 0 Å². The lowest BCUT2D eigenvalue weighted by atomic mass is 10.0. The highest BCUT2D eigenvalue weighted by Crippen LogP contribution is 2.38. The Kier molecular flexibility index (Phi) is 4.40. The minimum absolute atomic E-state index is 0.0259. The Hall–Kier alpha value is -2.59. The van der Waals surface area contributed by atoms with Crippen molar-refractivity contribution in [3.8, 4) is 5.75 Å². The van der Waals surface area contributed by atoms with Gasteiger partial charge in [0.15, 0.2) is 9.84 Å². The zero-order valence-corrected chi connectivity index (χ0v) is 14.1. The topological polar surface area (TPSA) is 54.4 Å². The molecule has 0 aromatic heterocycles. The van der Waals surface area contributed by atoms with Crippen molar-refractivity contribution in [2.24, 2.45) is 0 Å². The maximum Gasteiger partial charge on any atom is 0.189 e. The Morgan fingerprint density at radius 3 is 2.00 bits per heavy atom. The second kappa shape index (κ2) is 6.49. The van der Waals surface area contributed by atoms with E-state index in [1.807, 2.05) is 13.0 Å². The Morgan fingerprint density at radius 2 is 1.38 bits per heavy atom. The van der Waals surface area contributed by atoms with Crippen LogP contribution in [0.25, 0.3) is 0 Å². The molecule has 3 rings (SSSR count). The Morgan fingerprint density at radius 1 is 0.792 bits per heavy atom. The maximum absolute atomic E-state index is 13.3. The minimum Gasteiger partial charge on any atom is -0.508 e. The van der Waals surface area contributed by atoms with Crippen molar-refractivity contribution in [2.45, 2.75) is 17.1 Å². The zero-order chi connectivity index (χ0) is 17.2. The number of sulfone groups is 1. The van der Waals surface area contributed by atoms with Crippen molar-refractivity contribution >= 4 is 9.84 Å². The van der Waals surface area contributed by atoms with Gasteiger partial charge >= 0.3 is 0 Å². The van der Waals surface area contributed by atoms with Gasteiger partial charge in [0.25, 0.3) is 0 Å². The lowest BCUT2D eigenvalue weighted by molar-refractivity contribution is 0.467. The lowest BCUT2D eigenvalue weighted by Crippen LogP contribution is -2.15. The van der Waals surface area contributed by atoms with Gasteiger partial charge in [0.2, 0.25) is 0 Å². The van der Waals surface area contributed by atoms with Crippen LogP contribution >= 0.6 is 0 Å². The molecular weight excluding hydrogens is 320 g/mol. The van der Waals surface area contributed by atoms with Gasteiger partial charge in [0.05, 0.1) is 4.90 Å². The van der Waals surface area contributed by atoms with Gasteiger partial charge in [-0.05, 0) is 30.7 Å². The first-order valence-electron chi connectivity index (χ1n) is 7.63. The summed E-state index contributed by atoms with van der Waals surface area (Å²) in [5.41, 5.74) is 2.00. The molecule has 122 valence electrons. The molecule has 0 heterocycles. The third-order valence-electron chi connectivity index (χ3n) is 3.98. The highest BCUT2D eigenvalue weighted by molar-refractivity contribution is 7.92. The molecule has 0 aliphatic rings. The highest BCUT2D eigenvalue weighted by Gasteiger charge is 2.32. The van der Waals surface area contributed by atoms with E-state index in [1.165, 1.54) is 6.07 Å². The van der Waals surface area contributed by atoms with Crippen LogP contribution in [0.3, 0.4) is 0 Å². The summed E-state index contributed by atoms with van der Waals surface area (Å²) in [5.74, 6) is -0.0259. The standard InChI is InChI=1S/C20H18O3S/c1-15-11-13-17(14-12-15)24(22,23)20(16-7-3-2-4-8-16)18-9-5-6-10-19(18)21/h2-14,20-21H,1H3/t20-/m1/s1. The molecule has 3 aromatic carbocycles. The van der Waals surface area contributed by atoms with Crippen LogP contribution in [0, 0.1) is 6.92 Å². The van der Waals surface area contributed by atoms with E-state index in [-0.39, 0.29) is 10.6 Å². The number of phenols is 1. The third kappa shape index (κ3) is 3.05. The van der Waals surface area contributed by atoms with Crippen LogP contribution in [0.15, 0.2) is 83.8 Å². The van der Waals surface area contributed by atoms with Crippen molar-refractivity contribution in [1.29, 1.82) is 0 Å². The molecule has 0 aliphatic carbocycles. The zero-order valence-electron chi connectivity index (χ0n) is 13.3. The third-order valence-corrected chi connectivity index (χ3v) is 6.06. The van der Waals surface area contributed by atoms with Crippen molar-refractivity contribution in [2.75, 3.05) is 0 Å². The highest BCUT2D eigenvalue weighted by atomic mass is 32.2. The average Bonchev–Trinajstić information content (AvgIpc) is 2.58. The largest absolute Gasteiger partial charge is 0.508 e. The molecule has 0 unspecified atom stereocenters. The number of aryl methyl sites for hydroxylation is 1. The molecule has 1 atom stereocenters. The van der Waals surface area contributed by atoms with Crippen molar-refractivity contribution in [1.82, 2.24) is 0 Å². The van der Waals surface area contributed by atoms with E-state index in [9.17, 15) is 13.5 Å². The van der Waals surface area contributed by atoms with Gasteiger partial charge in [0.1, 0.15) is 11.0 Å². The fraction of sp³-hybridized carbons (Fsp3) is 0.100. The number of rotatable bonds is 4. The average molecular weight is 338 g/mol. The van der Waals surface area contributed by atoms with Gasteiger partial charge in [-0.25, -0.2) is 8.42 Å². The lowest BCUT2D eigenvalue weighted by Gasteiger charge is -2.20. The smallest absolute Gasteiger partial charge is 0.189 e. The summed E-state index contributed by atoms with van der Waals surface area (Å²) in [5, 5.41) is 9.28. The molecule has 3 aromatic rings. The van der Waals surface area contributed by atoms with E-state index in [4.69, 9.17) is 0 Å². The first kappa shape index (κ1) is 16.3. The fourth-order valence-electron chi connectivity index (χ4n) is 2.73. The van der Waals surface area contributed by atoms with Gasteiger partial charge in [0, 0.05) is 5.56 Å². The fourth-order valence-corrected chi connectivity index (χ4v) is 4.56. The number of benzene rings is 3. The summed E-state index contributed by atoms with van der Waals surface area (Å²) in [6.07, 6.45) is 0. The van der Waals surface area contributed by atoms with E-state index in [1.54, 1.807) is 66.7 Å². The first-order valence-corrected chi connectivity index (χ1v) is 9.18. The summed E-state index contributed by atoms with van der Waals surface area (Å²) in [4.78, 5) is 0.241. The molecule has 4 heteroatoms. The summed E-state index contributed by atoms with van der Waals surface area (Å²) in [7, 11) is -3.71.